The van der Waals surface area contributed by atoms with Crippen LogP contribution in [-0.4, -0.2) is 18.2 Å². The van der Waals surface area contributed by atoms with Crippen LogP contribution >= 0.6 is 0 Å². The minimum atomic E-state index is -3.93. The lowest BCUT2D eigenvalue weighted by atomic mass is 10.2. The van der Waals surface area contributed by atoms with Crippen molar-refractivity contribution in [3.05, 3.63) is 42.0 Å². The lowest BCUT2D eigenvalue weighted by molar-refractivity contribution is 0.570. The molecular formula is C11H12FN3O2S. The largest absolute Gasteiger partial charge is 0.276 e. The topological polar surface area (TPSA) is 64.0 Å². The molecular weight excluding hydrogens is 257 g/mol. The molecule has 96 valence electrons. The fourth-order valence-electron chi connectivity index (χ4n) is 1.50. The molecule has 1 aromatic carbocycles. The van der Waals surface area contributed by atoms with Crippen LogP contribution in [0, 0.1) is 12.7 Å². The molecule has 1 N–H and O–H groups in total. The lowest BCUT2D eigenvalue weighted by Gasteiger charge is -2.07. The highest BCUT2D eigenvalue weighted by molar-refractivity contribution is 7.92. The third-order valence-corrected chi connectivity index (χ3v) is 3.73. The van der Waals surface area contributed by atoms with Gasteiger partial charge in [0, 0.05) is 13.2 Å². The molecule has 0 unspecified atom stereocenters. The summed E-state index contributed by atoms with van der Waals surface area (Å²) in [5.41, 5.74) is 0.960. The fourth-order valence-corrected chi connectivity index (χ4v) is 2.69. The molecule has 0 spiro atoms. The molecule has 18 heavy (non-hydrogen) atoms. The van der Waals surface area contributed by atoms with E-state index in [0.29, 0.717) is 11.3 Å². The summed E-state index contributed by atoms with van der Waals surface area (Å²) >= 11 is 0. The Hall–Kier alpha value is -1.89. The maximum atomic E-state index is 13.5. The maximum Gasteiger partial charge on any atom is 0.264 e. The van der Waals surface area contributed by atoms with E-state index in [9.17, 15) is 12.8 Å². The minimum Gasteiger partial charge on any atom is -0.276 e. The molecule has 0 saturated heterocycles. The Bertz CT molecular complexity index is 679. The van der Waals surface area contributed by atoms with Crippen LogP contribution in [0.25, 0.3) is 0 Å². The molecule has 0 saturated carbocycles. The molecule has 0 aliphatic carbocycles. The number of anilines is 1. The number of sulfonamides is 1. The van der Waals surface area contributed by atoms with Crippen molar-refractivity contribution in [1.82, 2.24) is 9.78 Å². The van der Waals surface area contributed by atoms with E-state index in [0.717, 1.165) is 6.07 Å². The Kier molecular flexibility index (Phi) is 3.08. The van der Waals surface area contributed by atoms with Crippen LogP contribution in [0.5, 0.6) is 0 Å². The summed E-state index contributed by atoms with van der Waals surface area (Å²) in [7, 11) is -2.27. The number of nitrogens with one attached hydrogen (secondary N) is 1. The van der Waals surface area contributed by atoms with Gasteiger partial charge in [-0.2, -0.15) is 5.10 Å². The number of hydrogen-bond donors (Lipinski definition) is 1. The molecule has 1 heterocycles. The van der Waals surface area contributed by atoms with E-state index in [1.165, 1.54) is 29.2 Å². The van der Waals surface area contributed by atoms with Gasteiger partial charge in [0.2, 0.25) is 0 Å². The van der Waals surface area contributed by atoms with Crippen LogP contribution in [-0.2, 0) is 17.1 Å². The van der Waals surface area contributed by atoms with Gasteiger partial charge in [0.1, 0.15) is 10.7 Å². The first-order valence-corrected chi connectivity index (χ1v) is 6.64. The van der Waals surface area contributed by atoms with Crippen molar-refractivity contribution in [3.8, 4) is 0 Å². The summed E-state index contributed by atoms with van der Waals surface area (Å²) in [5, 5.41) is 3.83. The Morgan fingerprint density at radius 2 is 2.11 bits per heavy atom. The van der Waals surface area contributed by atoms with Crippen LogP contribution in [0.4, 0.5) is 10.1 Å². The number of benzene rings is 1. The van der Waals surface area contributed by atoms with E-state index in [1.807, 2.05) is 0 Å². The zero-order valence-corrected chi connectivity index (χ0v) is 10.7. The summed E-state index contributed by atoms with van der Waals surface area (Å²) in [4.78, 5) is -0.369. The second-order valence-electron chi connectivity index (χ2n) is 3.94. The molecule has 7 heteroatoms. The third kappa shape index (κ3) is 2.51. The molecule has 0 amide bonds. The van der Waals surface area contributed by atoms with Crippen molar-refractivity contribution in [2.75, 3.05) is 4.72 Å². The summed E-state index contributed by atoms with van der Waals surface area (Å²) < 4.78 is 41.2. The lowest BCUT2D eigenvalue weighted by Crippen LogP contribution is -2.14. The van der Waals surface area contributed by atoms with Crippen molar-refractivity contribution in [3.63, 3.8) is 0 Å². The summed E-state index contributed by atoms with van der Waals surface area (Å²) in [6.45, 7) is 1.70. The molecule has 0 bridgehead atoms. The van der Waals surface area contributed by atoms with Gasteiger partial charge in [-0.1, -0.05) is 6.07 Å². The van der Waals surface area contributed by atoms with Crippen molar-refractivity contribution >= 4 is 15.7 Å². The standard InChI is InChI=1S/C11H12FN3O2S/c1-8-3-4-10(12)11(5-8)18(16,17)14-9-6-13-15(2)7-9/h3-7,14H,1-2H3. The predicted octanol–water partition coefficient (Wildman–Crippen LogP) is 1.67. The Labute approximate surface area is 104 Å². The number of hydrogen-bond acceptors (Lipinski definition) is 3. The third-order valence-electron chi connectivity index (χ3n) is 2.33. The minimum absolute atomic E-state index is 0.290. The predicted molar refractivity (Wildman–Crippen MR) is 65.2 cm³/mol. The highest BCUT2D eigenvalue weighted by Gasteiger charge is 2.19. The normalized spacial score (nSPS) is 11.5. The van der Waals surface area contributed by atoms with E-state index >= 15 is 0 Å². The van der Waals surface area contributed by atoms with E-state index < -0.39 is 15.8 Å². The molecule has 0 aliphatic heterocycles. The first kappa shape index (κ1) is 12.6. The van der Waals surface area contributed by atoms with Gasteiger partial charge in [-0.25, -0.2) is 12.8 Å². The van der Waals surface area contributed by atoms with E-state index in [-0.39, 0.29) is 4.90 Å². The zero-order chi connectivity index (χ0) is 13.3. The van der Waals surface area contributed by atoms with Gasteiger partial charge in [-0.05, 0) is 24.6 Å². The number of nitrogens with zero attached hydrogens (tertiary/aromatic N) is 2. The average Bonchev–Trinajstić information content (AvgIpc) is 2.66. The first-order valence-electron chi connectivity index (χ1n) is 5.16. The maximum absolute atomic E-state index is 13.5. The number of aromatic nitrogens is 2. The molecule has 2 aromatic rings. The monoisotopic (exact) mass is 269 g/mol. The molecule has 0 radical (unpaired) electrons. The van der Waals surface area contributed by atoms with Crippen LogP contribution < -0.4 is 4.72 Å². The zero-order valence-electron chi connectivity index (χ0n) is 9.88. The second kappa shape index (κ2) is 4.41. The summed E-state index contributed by atoms with van der Waals surface area (Å²) in [6, 6.07) is 3.93. The van der Waals surface area contributed by atoms with Crippen molar-refractivity contribution < 1.29 is 12.8 Å². The molecule has 2 rings (SSSR count). The van der Waals surface area contributed by atoms with Gasteiger partial charge >= 0.3 is 0 Å². The van der Waals surface area contributed by atoms with Gasteiger partial charge in [-0.15, -0.1) is 0 Å². The molecule has 0 atom stereocenters. The van der Waals surface area contributed by atoms with Gasteiger partial charge in [0.05, 0.1) is 11.9 Å². The van der Waals surface area contributed by atoms with Crippen LogP contribution in [0.2, 0.25) is 0 Å². The summed E-state index contributed by atoms with van der Waals surface area (Å²) in [5.74, 6) is -0.781. The molecule has 0 fully saturated rings. The van der Waals surface area contributed by atoms with Crippen molar-refractivity contribution in [2.45, 2.75) is 11.8 Å². The SMILES string of the molecule is Cc1ccc(F)c(S(=O)(=O)Nc2cnn(C)c2)c1. The van der Waals surface area contributed by atoms with Crippen LogP contribution in [0.1, 0.15) is 5.56 Å². The number of halogens is 1. The molecule has 0 aliphatic rings. The quantitative estimate of drug-likeness (QED) is 0.921. The van der Waals surface area contributed by atoms with Crippen molar-refractivity contribution in [1.29, 1.82) is 0 Å². The van der Waals surface area contributed by atoms with Gasteiger partial charge in [0.15, 0.2) is 0 Å². The van der Waals surface area contributed by atoms with Crippen molar-refractivity contribution in [2.24, 2.45) is 7.05 Å². The van der Waals surface area contributed by atoms with E-state index in [2.05, 4.69) is 9.82 Å². The smallest absolute Gasteiger partial charge is 0.264 e. The highest BCUT2D eigenvalue weighted by atomic mass is 32.2. The number of rotatable bonds is 3. The Morgan fingerprint density at radius 3 is 2.72 bits per heavy atom. The van der Waals surface area contributed by atoms with Gasteiger partial charge in [0.25, 0.3) is 10.0 Å². The molecule has 5 nitrogen and oxygen atoms in total. The highest BCUT2D eigenvalue weighted by Crippen LogP contribution is 2.19. The van der Waals surface area contributed by atoms with E-state index in [1.54, 1.807) is 14.0 Å². The average molecular weight is 269 g/mol. The van der Waals surface area contributed by atoms with E-state index in [4.69, 9.17) is 0 Å². The van der Waals surface area contributed by atoms with Gasteiger partial charge in [-0.3, -0.25) is 9.40 Å². The number of aryl methyl sites for hydroxylation is 2. The Balaban J connectivity index is 2.39. The fraction of sp³-hybridized carbons (Fsp3) is 0.182. The molecule has 1 aromatic heterocycles. The van der Waals surface area contributed by atoms with Gasteiger partial charge < -0.3 is 0 Å². The first-order chi connectivity index (χ1) is 8.38. The second-order valence-corrected chi connectivity index (χ2v) is 5.59. The van der Waals surface area contributed by atoms with Crippen LogP contribution in [0.15, 0.2) is 35.5 Å². The Morgan fingerprint density at radius 1 is 1.39 bits per heavy atom. The summed E-state index contributed by atoms with van der Waals surface area (Å²) in [6.07, 6.45) is 2.84. The van der Waals surface area contributed by atoms with Crippen LogP contribution in [0.3, 0.4) is 0 Å².